The molecule has 26 heavy (non-hydrogen) atoms. The minimum absolute atomic E-state index is 0.0843. The van der Waals surface area contributed by atoms with Gasteiger partial charge in [0.25, 0.3) is 5.91 Å². The van der Waals surface area contributed by atoms with Crippen molar-refractivity contribution >= 4 is 5.91 Å². The van der Waals surface area contributed by atoms with Crippen molar-refractivity contribution in [1.29, 1.82) is 0 Å². The fourth-order valence-corrected chi connectivity index (χ4v) is 3.07. The number of benzene rings is 1. The predicted octanol–water partition coefficient (Wildman–Crippen LogP) is 3.02. The van der Waals surface area contributed by atoms with Gasteiger partial charge in [0.1, 0.15) is 0 Å². The van der Waals surface area contributed by atoms with Crippen LogP contribution in [0.25, 0.3) is 0 Å². The summed E-state index contributed by atoms with van der Waals surface area (Å²) in [6.45, 7) is 4.39. The van der Waals surface area contributed by atoms with Gasteiger partial charge in [-0.1, -0.05) is 17.7 Å². The second-order valence-electron chi connectivity index (χ2n) is 6.37. The quantitative estimate of drug-likeness (QED) is 0.904. The number of rotatable bonds is 4. The third-order valence-corrected chi connectivity index (χ3v) is 4.41. The Balaban J connectivity index is 1.71. The molecule has 8 heteroatoms. The van der Waals surface area contributed by atoms with Crippen LogP contribution in [0.1, 0.15) is 38.4 Å². The first-order valence-electron chi connectivity index (χ1n) is 8.36. The zero-order chi connectivity index (χ0) is 18.9. The van der Waals surface area contributed by atoms with Crippen LogP contribution < -0.4 is 5.32 Å². The van der Waals surface area contributed by atoms with Crippen molar-refractivity contribution in [2.75, 3.05) is 13.2 Å². The standard InChI is InChI=1S/C18H20F3N3O2/c1-11-3-4-12(2)13(9-11)17(25)22-6-7-24-15-5-8-26-10-14(15)16(23-24)18(19,20)21/h3-4,9H,5-8,10H2,1-2H3,(H,22,25). The molecule has 2 heterocycles. The molecule has 0 saturated carbocycles. The lowest BCUT2D eigenvalue weighted by Gasteiger charge is -2.15. The first-order chi connectivity index (χ1) is 12.3. The molecule has 1 aliphatic heterocycles. The van der Waals surface area contributed by atoms with Gasteiger partial charge in [-0.2, -0.15) is 18.3 Å². The van der Waals surface area contributed by atoms with Crippen molar-refractivity contribution in [2.45, 2.75) is 39.6 Å². The molecule has 0 unspecified atom stereocenters. The Morgan fingerprint density at radius 1 is 1.35 bits per heavy atom. The van der Waals surface area contributed by atoms with E-state index in [1.807, 2.05) is 26.0 Å². The van der Waals surface area contributed by atoms with E-state index >= 15 is 0 Å². The van der Waals surface area contributed by atoms with Gasteiger partial charge in [0.2, 0.25) is 0 Å². The highest BCUT2D eigenvalue weighted by molar-refractivity contribution is 5.95. The summed E-state index contributed by atoms with van der Waals surface area (Å²) in [5, 5.41) is 6.48. The Labute approximate surface area is 149 Å². The third-order valence-electron chi connectivity index (χ3n) is 4.41. The van der Waals surface area contributed by atoms with E-state index in [0.717, 1.165) is 11.1 Å². The number of fused-ring (bicyclic) bond motifs is 1. The first kappa shape index (κ1) is 18.4. The molecular formula is C18H20F3N3O2. The largest absolute Gasteiger partial charge is 0.435 e. The van der Waals surface area contributed by atoms with Crippen LogP contribution >= 0.6 is 0 Å². The van der Waals surface area contributed by atoms with Gasteiger partial charge in [-0.25, -0.2) is 0 Å². The van der Waals surface area contributed by atoms with Gasteiger partial charge in [0.05, 0.1) is 19.8 Å². The summed E-state index contributed by atoms with van der Waals surface area (Å²) < 4.78 is 45.9. The molecule has 0 saturated heterocycles. The second kappa shape index (κ2) is 7.11. The molecule has 1 aromatic carbocycles. The summed E-state index contributed by atoms with van der Waals surface area (Å²) in [4.78, 5) is 12.3. The number of aryl methyl sites for hydroxylation is 2. The summed E-state index contributed by atoms with van der Waals surface area (Å²) in [6, 6.07) is 5.58. The highest BCUT2D eigenvalue weighted by atomic mass is 19.4. The monoisotopic (exact) mass is 367 g/mol. The number of halogens is 3. The van der Waals surface area contributed by atoms with Crippen LogP contribution in [0.5, 0.6) is 0 Å². The van der Waals surface area contributed by atoms with E-state index in [1.165, 1.54) is 4.68 Å². The van der Waals surface area contributed by atoms with E-state index < -0.39 is 11.9 Å². The molecule has 5 nitrogen and oxygen atoms in total. The smallest absolute Gasteiger partial charge is 0.376 e. The number of amides is 1. The first-order valence-corrected chi connectivity index (χ1v) is 8.36. The van der Waals surface area contributed by atoms with Gasteiger partial charge in [-0.05, 0) is 25.5 Å². The van der Waals surface area contributed by atoms with Crippen molar-refractivity contribution in [2.24, 2.45) is 0 Å². The molecule has 3 rings (SSSR count). The van der Waals surface area contributed by atoms with Crippen molar-refractivity contribution in [3.8, 4) is 0 Å². The molecule has 0 spiro atoms. The number of nitrogens with zero attached hydrogens (tertiary/aromatic N) is 2. The Hall–Kier alpha value is -2.35. The highest BCUT2D eigenvalue weighted by Gasteiger charge is 2.39. The average Bonchev–Trinajstić information content (AvgIpc) is 2.96. The molecule has 0 fully saturated rings. The SMILES string of the molecule is Cc1ccc(C)c(C(=O)NCCn2nc(C(F)(F)F)c3c2CCOC3)c1. The fraction of sp³-hybridized carbons (Fsp3) is 0.444. The van der Waals surface area contributed by atoms with Crippen molar-refractivity contribution in [1.82, 2.24) is 15.1 Å². The van der Waals surface area contributed by atoms with Gasteiger partial charge >= 0.3 is 6.18 Å². The molecule has 2 aromatic rings. The Kier molecular flexibility index (Phi) is 5.04. The lowest BCUT2D eigenvalue weighted by Crippen LogP contribution is -2.29. The van der Waals surface area contributed by atoms with Crippen LogP contribution in [0.15, 0.2) is 18.2 Å². The summed E-state index contributed by atoms with van der Waals surface area (Å²) in [5.74, 6) is -0.244. The maximum atomic E-state index is 13.1. The van der Waals surface area contributed by atoms with Gasteiger partial charge in [0.15, 0.2) is 5.69 Å². The third kappa shape index (κ3) is 3.75. The zero-order valence-electron chi connectivity index (χ0n) is 14.6. The molecule has 0 atom stereocenters. The van der Waals surface area contributed by atoms with Crippen molar-refractivity contribution in [3.63, 3.8) is 0 Å². The van der Waals surface area contributed by atoms with E-state index in [1.54, 1.807) is 6.07 Å². The van der Waals surface area contributed by atoms with Gasteiger partial charge in [0, 0.05) is 29.8 Å². The number of aromatic nitrogens is 2. The predicted molar refractivity (Wildman–Crippen MR) is 88.8 cm³/mol. The minimum atomic E-state index is -4.52. The molecular weight excluding hydrogens is 347 g/mol. The van der Waals surface area contributed by atoms with E-state index in [4.69, 9.17) is 4.74 Å². The Morgan fingerprint density at radius 3 is 2.85 bits per heavy atom. The lowest BCUT2D eigenvalue weighted by molar-refractivity contribution is -0.142. The molecule has 140 valence electrons. The van der Waals surface area contributed by atoms with Crippen LogP contribution in [0.3, 0.4) is 0 Å². The Bertz CT molecular complexity index is 828. The van der Waals surface area contributed by atoms with Crippen LogP contribution in [-0.2, 0) is 30.5 Å². The lowest BCUT2D eigenvalue weighted by atomic mass is 10.1. The summed E-state index contributed by atoms with van der Waals surface area (Å²) in [6.07, 6.45) is -4.14. The number of nitrogens with one attached hydrogen (secondary N) is 1. The molecule has 1 amide bonds. The summed E-state index contributed by atoms with van der Waals surface area (Å²) in [7, 11) is 0. The van der Waals surface area contributed by atoms with E-state index in [0.29, 0.717) is 24.3 Å². The highest BCUT2D eigenvalue weighted by Crippen LogP contribution is 2.34. The summed E-state index contributed by atoms with van der Waals surface area (Å²) >= 11 is 0. The molecule has 0 bridgehead atoms. The van der Waals surface area contributed by atoms with Crippen LogP contribution in [0.2, 0.25) is 0 Å². The molecule has 0 aliphatic carbocycles. The maximum Gasteiger partial charge on any atom is 0.435 e. The van der Waals surface area contributed by atoms with Gasteiger partial charge in [-0.3, -0.25) is 9.48 Å². The van der Waals surface area contributed by atoms with E-state index in [2.05, 4.69) is 10.4 Å². The normalized spacial score (nSPS) is 14.2. The van der Waals surface area contributed by atoms with E-state index in [9.17, 15) is 18.0 Å². The molecule has 1 aliphatic rings. The number of ether oxygens (including phenoxy) is 1. The Morgan fingerprint density at radius 2 is 2.12 bits per heavy atom. The van der Waals surface area contributed by atoms with Crippen molar-refractivity contribution < 1.29 is 22.7 Å². The minimum Gasteiger partial charge on any atom is -0.376 e. The number of carbonyl (C=O) groups excluding carboxylic acids is 1. The summed E-state index contributed by atoms with van der Waals surface area (Å²) in [5.41, 5.74) is 2.12. The average molecular weight is 367 g/mol. The maximum absolute atomic E-state index is 13.1. The van der Waals surface area contributed by atoms with E-state index in [-0.39, 0.29) is 31.2 Å². The van der Waals surface area contributed by atoms with Crippen LogP contribution in [-0.4, -0.2) is 28.8 Å². The molecule has 0 radical (unpaired) electrons. The number of hydrogen-bond acceptors (Lipinski definition) is 3. The zero-order valence-corrected chi connectivity index (χ0v) is 14.6. The topological polar surface area (TPSA) is 56.2 Å². The number of alkyl halides is 3. The van der Waals surface area contributed by atoms with Gasteiger partial charge in [-0.15, -0.1) is 0 Å². The number of hydrogen-bond donors (Lipinski definition) is 1. The van der Waals surface area contributed by atoms with Crippen molar-refractivity contribution in [3.05, 3.63) is 51.8 Å². The van der Waals surface area contributed by atoms with Crippen LogP contribution in [0, 0.1) is 13.8 Å². The molecule has 1 N–H and O–H groups in total. The second-order valence-corrected chi connectivity index (χ2v) is 6.37. The van der Waals surface area contributed by atoms with Crippen LogP contribution in [0.4, 0.5) is 13.2 Å². The van der Waals surface area contributed by atoms with Gasteiger partial charge < -0.3 is 10.1 Å². The number of carbonyl (C=O) groups is 1. The fourth-order valence-electron chi connectivity index (χ4n) is 3.07. The molecule has 1 aromatic heterocycles.